The van der Waals surface area contributed by atoms with Gasteiger partial charge in [-0.2, -0.15) is 0 Å². The van der Waals surface area contributed by atoms with Crippen LogP contribution in [-0.2, 0) is 24.1 Å². The van der Waals surface area contributed by atoms with Crippen molar-refractivity contribution in [1.29, 1.82) is 0 Å². The molecule has 0 saturated carbocycles. The van der Waals surface area contributed by atoms with Crippen LogP contribution in [-0.4, -0.2) is 40.6 Å². The highest BCUT2D eigenvalue weighted by molar-refractivity contribution is 5.96. The first-order valence-corrected chi connectivity index (χ1v) is 10.9. The van der Waals surface area contributed by atoms with Crippen molar-refractivity contribution in [3.63, 3.8) is 0 Å². The Kier molecular flexibility index (Phi) is 6.45. The molecule has 1 unspecified atom stereocenters. The monoisotopic (exact) mass is 447 g/mol. The highest BCUT2D eigenvalue weighted by Crippen LogP contribution is 2.37. The second-order valence-electron chi connectivity index (χ2n) is 8.71. The summed E-state index contributed by atoms with van der Waals surface area (Å²) >= 11 is 0. The average Bonchev–Trinajstić information content (AvgIpc) is 3.13. The van der Waals surface area contributed by atoms with Gasteiger partial charge in [-0.25, -0.2) is 4.39 Å². The topological polar surface area (TPSA) is 66.8 Å². The summed E-state index contributed by atoms with van der Waals surface area (Å²) in [6.07, 6.45) is 1.78. The molecule has 33 heavy (non-hydrogen) atoms. The van der Waals surface area contributed by atoms with Crippen molar-refractivity contribution < 1.29 is 23.8 Å². The van der Waals surface area contributed by atoms with E-state index in [0.717, 1.165) is 16.7 Å². The van der Waals surface area contributed by atoms with Crippen molar-refractivity contribution in [3.8, 4) is 5.75 Å². The third-order valence-electron chi connectivity index (χ3n) is 5.85. The number of hydrogen-bond donors (Lipinski definition) is 1. The van der Waals surface area contributed by atoms with Gasteiger partial charge >= 0.3 is 5.97 Å². The molecule has 0 spiro atoms. The van der Waals surface area contributed by atoms with E-state index in [-0.39, 0.29) is 18.3 Å². The van der Waals surface area contributed by atoms with E-state index in [1.807, 2.05) is 37.3 Å². The number of benzene rings is 3. The van der Waals surface area contributed by atoms with E-state index in [0.29, 0.717) is 37.1 Å². The van der Waals surface area contributed by atoms with Crippen LogP contribution in [0.4, 0.5) is 4.39 Å². The minimum absolute atomic E-state index is 0.277. The fraction of sp³-hybridized carbons (Fsp3) is 0.259. The molecule has 1 aliphatic heterocycles. The number of aliphatic carboxylic acids is 1. The second kappa shape index (κ2) is 9.45. The van der Waals surface area contributed by atoms with E-state index < -0.39 is 11.6 Å². The molecule has 0 aliphatic carbocycles. The molecule has 4 rings (SSSR count). The molecule has 1 N–H and O–H groups in total. The van der Waals surface area contributed by atoms with Gasteiger partial charge in [-0.3, -0.25) is 9.59 Å². The Morgan fingerprint density at radius 1 is 1.03 bits per heavy atom. The summed E-state index contributed by atoms with van der Waals surface area (Å²) in [4.78, 5) is 25.9. The van der Waals surface area contributed by atoms with Gasteiger partial charge in [0.1, 0.15) is 23.7 Å². The lowest BCUT2D eigenvalue weighted by molar-refractivity contribution is -0.137. The quantitative estimate of drug-likeness (QED) is 0.551. The summed E-state index contributed by atoms with van der Waals surface area (Å²) in [6.45, 7) is 1.95. The highest BCUT2D eigenvalue weighted by Gasteiger charge is 2.35. The molecule has 0 radical (unpaired) electrons. The Balaban J connectivity index is 1.48. The number of hydrogen-bond acceptors (Lipinski definition) is 3. The summed E-state index contributed by atoms with van der Waals surface area (Å²) in [5.74, 6) is -0.929. The minimum atomic E-state index is -1.05. The first kappa shape index (κ1) is 22.5. The SMILES string of the molecule is CC1(Cc2ccc(F)cc2)Cc2cc(C(=O)N(CCc3ccccc3)CC(=O)O)ccc2O1. The largest absolute Gasteiger partial charge is 0.487 e. The van der Waals surface area contributed by atoms with Gasteiger partial charge in [0.05, 0.1) is 0 Å². The van der Waals surface area contributed by atoms with Crippen molar-refractivity contribution in [2.24, 2.45) is 0 Å². The zero-order valence-electron chi connectivity index (χ0n) is 18.5. The van der Waals surface area contributed by atoms with Crippen LogP contribution >= 0.6 is 0 Å². The Hall–Kier alpha value is -3.67. The maximum absolute atomic E-state index is 13.2. The maximum Gasteiger partial charge on any atom is 0.323 e. The van der Waals surface area contributed by atoms with Crippen LogP contribution in [0.3, 0.4) is 0 Å². The fourth-order valence-corrected chi connectivity index (χ4v) is 4.29. The lowest BCUT2D eigenvalue weighted by Crippen LogP contribution is -2.37. The second-order valence-corrected chi connectivity index (χ2v) is 8.71. The number of rotatable bonds is 8. The molecule has 6 heteroatoms. The van der Waals surface area contributed by atoms with Crippen molar-refractivity contribution in [2.45, 2.75) is 31.8 Å². The minimum Gasteiger partial charge on any atom is -0.487 e. The van der Waals surface area contributed by atoms with Gasteiger partial charge in [0.15, 0.2) is 0 Å². The van der Waals surface area contributed by atoms with E-state index in [2.05, 4.69) is 0 Å². The zero-order chi connectivity index (χ0) is 23.4. The molecule has 0 aromatic heterocycles. The number of halogens is 1. The molecular formula is C27H26FNO4. The normalized spacial score (nSPS) is 16.7. The van der Waals surface area contributed by atoms with E-state index in [4.69, 9.17) is 4.74 Å². The van der Waals surface area contributed by atoms with Gasteiger partial charge in [0, 0.05) is 24.9 Å². The lowest BCUT2D eigenvalue weighted by Gasteiger charge is -2.24. The molecule has 3 aromatic rings. The van der Waals surface area contributed by atoms with Crippen LogP contribution in [0.15, 0.2) is 72.8 Å². The fourth-order valence-electron chi connectivity index (χ4n) is 4.29. The molecule has 1 aliphatic rings. The van der Waals surface area contributed by atoms with Crippen molar-refractivity contribution in [2.75, 3.05) is 13.1 Å². The van der Waals surface area contributed by atoms with Crippen LogP contribution in [0.5, 0.6) is 5.75 Å². The Labute approximate surface area is 192 Å². The van der Waals surface area contributed by atoms with Gasteiger partial charge in [-0.1, -0.05) is 42.5 Å². The number of carbonyl (C=O) groups is 2. The summed E-state index contributed by atoms with van der Waals surface area (Å²) < 4.78 is 19.4. The summed E-state index contributed by atoms with van der Waals surface area (Å²) in [6, 6.07) is 21.3. The van der Waals surface area contributed by atoms with Crippen LogP contribution in [0.2, 0.25) is 0 Å². The van der Waals surface area contributed by atoms with Crippen LogP contribution < -0.4 is 4.74 Å². The lowest BCUT2D eigenvalue weighted by atomic mass is 9.91. The number of carboxylic acid groups (broad SMARTS) is 1. The van der Waals surface area contributed by atoms with Crippen molar-refractivity contribution in [3.05, 3.63) is 101 Å². The third-order valence-corrected chi connectivity index (χ3v) is 5.85. The molecule has 0 saturated heterocycles. The molecule has 1 amide bonds. The molecule has 1 heterocycles. The molecule has 0 bridgehead atoms. The Bertz CT molecular complexity index is 1150. The van der Waals surface area contributed by atoms with Gasteiger partial charge in [0.2, 0.25) is 0 Å². The third kappa shape index (κ3) is 5.58. The first-order valence-electron chi connectivity index (χ1n) is 10.9. The molecule has 3 aromatic carbocycles. The Morgan fingerprint density at radius 3 is 2.45 bits per heavy atom. The number of amides is 1. The van der Waals surface area contributed by atoms with Crippen molar-refractivity contribution >= 4 is 11.9 Å². The Morgan fingerprint density at radius 2 is 1.76 bits per heavy atom. The standard InChI is InChI=1S/C27H26FNO4/c1-27(16-20-7-10-23(28)11-8-20)17-22-15-21(9-12-24(22)33-27)26(32)29(18-25(30)31)14-13-19-5-3-2-4-6-19/h2-12,15H,13-14,16-18H2,1H3,(H,30,31). The van der Waals surface area contributed by atoms with Crippen LogP contribution in [0.25, 0.3) is 0 Å². The van der Waals surface area contributed by atoms with E-state index in [1.165, 1.54) is 17.0 Å². The van der Waals surface area contributed by atoms with E-state index in [1.54, 1.807) is 30.3 Å². The van der Waals surface area contributed by atoms with E-state index in [9.17, 15) is 19.1 Å². The number of fused-ring (bicyclic) bond motifs is 1. The smallest absolute Gasteiger partial charge is 0.323 e. The molecule has 170 valence electrons. The van der Waals surface area contributed by atoms with E-state index >= 15 is 0 Å². The maximum atomic E-state index is 13.2. The zero-order valence-corrected chi connectivity index (χ0v) is 18.5. The van der Waals surface area contributed by atoms with Crippen LogP contribution in [0.1, 0.15) is 34.0 Å². The van der Waals surface area contributed by atoms with Crippen molar-refractivity contribution in [1.82, 2.24) is 4.90 Å². The molecule has 0 fully saturated rings. The predicted molar refractivity (Wildman–Crippen MR) is 123 cm³/mol. The first-order chi connectivity index (χ1) is 15.8. The highest BCUT2D eigenvalue weighted by atomic mass is 19.1. The van der Waals surface area contributed by atoms with Gasteiger partial charge in [-0.15, -0.1) is 0 Å². The number of nitrogens with zero attached hydrogens (tertiary/aromatic N) is 1. The summed E-state index contributed by atoms with van der Waals surface area (Å²) in [7, 11) is 0. The number of ether oxygens (including phenoxy) is 1. The van der Waals surface area contributed by atoms with Crippen LogP contribution in [0, 0.1) is 5.82 Å². The summed E-state index contributed by atoms with van der Waals surface area (Å²) in [5, 5.41) is 9.32. The molecule has 1 atom stereocenters. The van der Waals surface area contributed by atoms with Gasteiger partial charge < -0.3 is 14.7 Å². The molecular weight excluding hydrogens is 421 g/mol. The molecule has 5 nitrogen and oxygen atoms in total. The predicted octanol–water partition coefficient (Wildman–Crippen LogP) is 4.53. The van der Waals surface area contributed by atoms with Gasteiger partial charge in [-0.05, 0) is 60.4 Å². The number of carbonyl (C=O) groups excluding carboxylic acids is 1. The average molecular weight is 448 g/mol. The van der Waals surface area contributed by atoms with Gasteiger partial charge in [0.25, 0.3) is 5.91 Å². The summed E-state index contributed by atoms with van der Waals surface area (Å²) in [5.41, 5.74) is 2.85. The number of carboxylic acids is 1.